The smallest absolute Gasteiger partial charge is 0.230 e. The first-order valence-corrected chi connectivity index (χ1v) is 9.40. The van der Waals surface area contributed by atoms with E-state index in [4.69, 9.17) is 15.3 Å². The number of thiazole rings is 1. The Morgan fingerprint density at radius 2 is 2.00 bits per heavy atom. The summed E-state index contributed by atoms with van der Waals surface area (Å²) < 4.78 is 56.9. The number of hydrogen-bond donors (Lipinski definition) is 3. The molecule has 0 saturated heterocycles. The molecule has 2 aromatic carbocycles. The summed E-state index contributed by atoms with van der Waals surface area (Å²) in [6.45, 7) is 0. The van der Waals surface area contributed by atoms with E-state index in [1.54, 1.807) is 42.5 Å². The minimum atomic E-state index is -2.58. The fourth-order valence-corrected chi connectivity index (χ4v) is 2.85. The summed E-state index contributed by atoms with van der Waals surface area (Å²) in [5.74, 6) is -1.03. The zero-order chi connectivity index (χ0) is 26.0. The fourth-order valence-electron chi connectivity index (χ4n) is 2.41. The van der Waals surface area contributed by atoms with E-state index in [0.717, 1.165) is 11.3 Å². The second-order valence-electron chi connectivity index (χ2n) is 5.90. The second-order valence-corrected chi connectivity index (χ2v) is 6.73. The number of benzene rings is 2. The molecule has 1 amide bonds. The maximum Gasteiger partial charge on any atom is 0.230 e. The second kappa shape index (κ2) is 10.0. The number of amides is 1. The van der Waals surface area contributed by atoms with E-state index in [9.17, 15) is 9.90 Å². The molecule has 1 aromatic heterocycles. The molecule has 6 heteroatoms. The molecule has 3 aromatic rings. The van der Waals surface area contributed by atoms with Gasteiger partial charge in [0, 0.05) is 19.3 Å². The van der Waals surface area contributed by atoms with Crippen molar-refractivity contribution in [3.05, 3.63) is 76.8 Å². The number of hydrogen-bond acceptors (Lipinski definition) is 5. The Bertz CT molecular complexity index is 1170. The van der Waals surface area contributed by atoms with Gasteiger partial charge in [0.2, 0.25) is 5.91 Å². The van der Waals surface area contributed by atoms with Crippen LogP contribution in [0.1, 0.15) is 51.7 Å². The van der Waals surface area contributed by atoms with Crippen LogP contribution in [0.5, 0.6) is 0 Å². The average molecular weight is 403 g/mol. The van der Waals surface area contributed by atoms with Crippen LogP contribution in [0.4, 0.5) is 10.8 Å². The van der Waals surface area contributed by atoms with Crippen LogP contribution in [-0.2, 0) is 17.6 Å². The molecular weight excluding hydrogens is 370 g/mol. The maximum atomic E-state index is 12.5. The normalized spacial score (nSPS) is 17.1. The highest BCUT2D eigenvalue weighted by atomic mass is 32.1. The quantitative estimate of drug-likeness (QED) is 0.496. The van der Waals surface area contributed by atoms with E-state index in [1.807, 2.05) is 0 Å². The average Bonchev–Trinajstić information content (AvgIpc) is 3.12. The van der Waals surface area contributed by atoms with Crippen LogP contribution in [0, 0.1) is 0 Å². The number of nitrogens with one attached hydrogen (secondary N) is 1. The van der Waals surface area contributed by atoms with Crippen LogP contribution in [0.15, 0.2) is 60.0 Å². The van der Waals surface area contributed by atoms with Crippen molar-refractivity contribution in [1.29, 1.82) is 0 Å². The number of rotatable bonds is 9. The lowest BCUT2D eigenvalue weighted by atomic mass is 10.0. The van der Waals surface area contributed by atoms with E-state index >= 15 is 0 Å². The number of nitrogens with zero attached hydrogens (tertiary/aromatic N) is 1. The summed E-state index contributed by atoms with van der Waals surface area (Å²) in [6.07, 6.45) is -8.92. The molecule has 0 aliphatic heterocycles. The number of aliphatic hydroxyl groups is 1. The predicted octanol–water partition coefficient (Wildman–Crippen LogP) is 4.35. The molecule has 1 heterocycles. The topological polar surface area (TPSA) is 88.2 Å². The number of aryl methyl sites for hydroxylation is 1. The van der Waals surface area contributed by atoms with Crippen molar-refractivity contribution in [1.82, 2.24) is 4.98 Å². The zero-order valence-corrected chi connectivity index (χ0v) is 15.8. The Balaban J connectivity index is 1.65. The first kappa shape index (κ1) is 12.7. The molecule has 146 valence electrons. The number of nitrogen functional groups attached to an aromatic ring is 1. The van der Waals surface area contributed by atoms with Crippen molar-refractivity contribution in [2.24, 2.45) is 0 Å². The van der Waals surface area contributed by atoms with E-state index < -0.39 is 37.6 Å². The summed E-state index contributed by atoms with van der Waals surface area (Å²) in [4.78, 5) is 16.2. The Morgan fingerprint density at radius 1 is 1.25 bits per heavy atom. The van der Waals surface area contributed by atoms with Gasteiger partial charge in [-0.1, -0.05) is 48.9 Å². The molecule has 1 atom stereocenters. The summed E-state index contributed by atoms with van der Waals surface area (Å²) >= 11 is 0.767. The molecule has 28 heavy (non-hydrogen) atoms. The Kier molecular flexibility index (Phi) is 4.54. The minimum absolute atomic E-state index is 0.0130. The highest BCUT2D eigenvalue weighted by molar-refractivity contribution is 7.13. The largest absolute Gasteiger partial charge is 0.388 e. The molecule has 0 fully saturated rings. The lowest BCUT2D eigenvalue weighted by Crippen LogP contribution is -2.14. The van der Waals surface area contributed by atoms with E-state index in [2.05, 4.69) is 10.3 Å². The summed E-state index contributed by atoms with van der Waals surface area (Å²) in [6, 6.07) is 14.3. The highest BCUT2D eigenvalue weighted by Gasteiger charge is 2.08. The lowest BCUT2D eigenvalue weighted by Gasteiger charge is -2.10. The SMILES string of the molecule is [2H]c1sc(N)nc1C([2H])([2H])C(=O)Nc1ccc(CC([2H])([2H])CC([2H])([2H])[C@H](O)c2ccccc2)cc1. The van der Waals surface area contributed by atoms with Crippen molar-refractivity contribution in [3.8, 4) is 0 Å². The van der Waals surface area contributed by atoms with Gasteiger partial charge in [-0.25, -0.2) is 4.98 Å². The van der Waals surface area contributed by atoms with E-state index in [-0.39, 0.29) is 28.3 Å². The first-order chi connectivity index (χ1) is 16.2. The number of aromatic nitrogens is 1. The molecule has 0 spiro atoms. The molecule has 0 aliphatic carbocycles. The molecule has 0 bridgehead atoms. The van der Waals surface area contributed by atoms with E-state index in [0.29, 0.717) is 11.1 Å². The van der Waals surface area contributed by atoms with Crippen molar-refractivity contribution in [3.63, 3.8) is 0 Å². The molecule has 5 nitrogen and oxygen atoms in total. The number of carbonyl (C=O) groups is 1. The van der Waals surface area contributed by atoms with Gasteiger partial charge in [-0.15, -0.1) is 11.3 Å². The van der Waals surface area contributed by atoms with Gasteiger partial charge in [-0.3, -0.25) is 4.79 Å². The summed E-state index contributed by atoms with van der Waals surface area (Å²) in [5, 5.41) is 12.6. The standard InChI is InChI=1S/C22H25N3O2S/c23-22-25-19(15-28-22)14-21(27)24-18-12-10-16(11-13-18)6-4-5-9-20(26)17-7-2-1-3-8-17/h1-3,7-8,10-13,15,20,26H,4-6,9,14H2,(H2,23,25)(H,24,27)/t20-/m0/s1/i4D2,9D2,14D2,15D. The van der Waals surface area contributed by atoms with Gasteiger partial charge in [0.1, 0.15) is 0 Å². The van der Waals surface area contributed by atoms with Crippen molar-refractivity contribution in [2.75, 3.05) is 11.1 Å². The number of carbonyl (C=O) groups excluding carboxylic acids is 1. The Labute approximate surface area is 179 Å². The van der Waals surface area contributed by atoms with Crippen LogP contribution < -0.4 is 11.1 Å². The zero-order valence-electron chi connectivity index (χ0n) is 22.0. The van der Waals surface area contributed by atoms with Crippen LogP contribution >= 0.6 is 11.3 Å². The molecular formula is C22H25N3O2S. The Morgan fingerprint density at radius 3 is 2.68 bits per heavy atom. The molecule has 0 aliphatic rings. The van der Waals surface area contributed by atoms with Crippen molar-refractivity contribution < 1.29 is 19.5 Å². The third-order valence-electron chi connectivity index (χ3n) is 3.78. The molecule has 0 unspecified atom stereocenters. The van der Waals surface area contributed by atoms with Gasteiger partial charge in [0.15, 0.2) is 5.13 Å². The maximum absolute atomic E-state index is 12.5. The minimum Gasteiger partial charge on any atom is -0.388 e. The number of aliphatic hydroxyl groups excluding tert-OH is 1. The fraction of sp³-hybridized carbons (Fsp3) is 0.273. The molecule has 4 N–H and O–H groups in total. The highest BCUT2D eigenvalue weighted by Crippen LogP contribution is 2.20. The van der Waals surface area contributed by atoms with Gasteiger partial charge >= 0.3 is 0 Å². The van der Waals surface area contributed by atoms with Gasteiger partial charge in [-0.05, 0) is 42.4 Å². The summed E-state index contributed by atoms with van der Waals surface area (Å²) in [7, 11) is 0. The van der Waals surface area contributed by atoms with Crippen LogP contribution in [0.2, 0.25) is 0 Å². The molecule has 0 saturated carbocycles. The third-order valence-corrected chi connectivity index (χ3v) is 4.38. The van der Waals surface area contributed by atoms with Gasteiger partial charge < -0.3 is 16.2 Å². The number of nitrogens with two attached hydrogens (primary N) is 1. The van der Waals surface area contributed by atoms with Crippen molar-refractivity contribution >= 4 is 28.1 Å². The van der Waals surface area contributed by atoms with Gasteiger partial charge in [0.05, 0.1) is 19.5 Å². The first-order valence-electron chi connectivity index (χ1n) is 12.1. The van der Waals surface area contributed by atoms with Crippen molar-refractivity contribution in [2.45, 2.75) is 38.1 Å². The van der Waals surface area contributed by atoms with Gasteiger partial charge in [-0.2, -0.15) is 0 Å². The van der Waals surface area contributed by atoms with Gasteiger partial charge in [0.25, 0.3) is 0 Å². The Hall–Kier alpha value is -2.70. The monoisotopic (exact) mass is 402 g/mol. The molecule has 3 rings (SSSR count). The van der Waals surface area contributed by atoms with Crippen LogP contribution in [0.3, 0.4) is 0 Å². The van der Waals surface area contributed by atoms with Crippen LogP contribution in [-0.4, -0.2) is 16.0 Å². The third kappa shape index (κ3) is 6.18. The summed E-state index contributed by atoms with van der Waals surface area (Å²) in [5.41, 5.74) is 6.29. The molecule has 0 radical (unpaired) electrons. The lowest BCUT2D eigenvalue weighted by molar-refractivity contribution is -0.115. The predicted molar refractivity (Wildman–Crippen MR) is 114 cm³/mol. The number of anilines is 2. The van der Waals surface area contributed by atoms with E-state index in [1.165, 1.54) is 12.1 Å². The van der Waals surface area contributed by atoms with Crippen LogP contribution in [0.25, 0.3) is 0 Å².